The molecule has 0 spiro atoms. The van der Waals surface area contributed by atoms with Crippen molar-refractivity contribution < 1.29 is 0 Å². The highest BCUT2D eigenvalue weighted by Gasteiger charge is 2.14. The Morgan fingerprint density at radius 2 is 2.12 bits per heavy atom. The molecular formula is C14H21N3. The van der Waals surface area contributed by atoms with Crippen LogP contribution in [0.5, 0.6) is 0 Å². The van der Waals surface area contributed by atoms with Crippen molar-refractivity contribution in [3.63, 3.8) is 0 Å². The summed E-state index contributed by atoms with van der Waals surface area (Å²) in [6.45, 7) is 8.15. The maximum atomic E-state index is 5.67. The average molecular weight is 231 g/mol. The number of benzene rings is 1. The third kappa shape index (κ3) is 2.07. The Bertz CT molecular complexity index is 513. The predicted molar refractivity (Wildman–Crippen MR) is 72.0 cm³/mol. The molecule has 0 aliphatic heterocycles. The van der Waals surface area contributed by atoms with Gasteiger partial charge in [-0.05, 0) is 31.0 Å². The molecule has 0 bridgehead atoms. The summed E-state index contributed by atoms with van der Waals surface area (Å²) < 4.78 is 2.31. The quantitative estimate of drug-likeness (QED) is 0.879. The van der Waals surface area contributed by atoms with Crippen molar-refractivity contribution in [2.24, 2.45) is 5.73 Å². The molecule has 17 heavy (non-hydrogen) atoms. The Balaban J connectivity index is 2.61. The van der Waals surface area contributed by atoms with Gasteiger partial charge in [-0.15, -0.1) is 0 Å². The smallest absolute Gasteiger partial charge is 0.112 e. The van der Waals surface area contributed by atoms with E-state index in [2.05, 4.69) is 43.5 Å². The van der Waals surface area contributed by atoms with Crippen LogP contribution in [0.25, 0.3) is 11.0 Å². The molecule has 3 heteroatoms. The summed E-state index contributed by atoms with van der Waals surface area (Å²) in [7, 11) is 0. The van der Waals surface area contributed by atoms with Gasteiger partial charge in [0.1, 0.15) is 5.82 Å². The number of imidazole rings is 1. The summed E-state index contributed by atoms with van der Waals surface area (Å²) >= 11 is 0. The van der Waals surface area contributed by atoms with Crippen LogP contribution in [-0.2, 0) is 13.1 Å². The third-order valence-corrected chi connectivity index (χ3v) is 3.45. The fourth-order valence-corrected chi connectivity index (χ4v) is 2.21. The summed E-state index contributed by atoms with van der Waals surface area (Å²) in [4.78, 5) is 4.77. The summed E-state index contributed by atoms with van der Waals surface area (Å²) in [6, 6.07) is 6.34. The van der Waals surface area contributed by atoms with Crippen LogP contribution >= 0.6 is 0 Å². The van der Waals surface area contributed by atoms with Gasteiger partial charge in [0.15, 0.2) is 0 Å². The molecule has 0 aliphatic carbocycles. The zero-order valence-corrected chi connectivity index (χ0v) is 10.9. The van der Waals surface area contributed by atoms with Crippen LogP contribution < -0.4 is 5.73 Å². The average Bonchev–Trinajstić information content (AvgIpc) is 2.74. The summed E-state index contributed by atoms with van der Waals surface area (Å²) in [6.07, 6.45) is 1.12. The van der Waals surface area contributed by atoms with Crippen LogP contribution in [0.15, 0.2) is 18.2 Å². The SMILES string of the molecule is CCC(C)c1nc2cc(CN)ccc2n1CC. The maximum Gasteiger partial charge on any atom is 0.112 e. The van der Waals surface area contributed by atoms with E-state index in [0.29, 0.717) is 12.5 Å². The third-order valence-electron chi connectivity index (χ3n) is 3.45. The van der Waals surface area contributed by atoms with Crippen LogP contribution in [0, 0.1) is 0 Å². The highest BCUT2D eigenvalue weighted by atomic mass is 15.1. The first-order valence-corrected chi connectivity index (χ1v) is 6.40. The lowest BCUT2D eigenvalue weighted by molar-refractivity contribution is 0.617. The van der Waals surface area contributed by atoms with E-state index in [0.717, 1.165) is 24.0 Å². The van der Waals surface area contributed by atoms with Crippen molar-refractivity contribution in [3.05, 3.63) is 29.6 Å². The van der Waals surface area contributed by atoms with Crippen molar-refractivity contribution in [1.29, 1.82) is 0 Å². The predicted octanol–water partition coefficient (Wildman–Crippen LogP) is 3.03. The molecule has 2 aromatic rings. The molecule has 0 saturated heterocycles. The van der Waals surface area contributed by atoms with E-state index in [4.69, 9.17) is 10.7 Å². The first-order chi connectivity index (χ1) is 8.21. The fourth-order valence-electron chi connectivity index (χ4n) is 2.21. The molecule has 1 atom stereocenters. The molecular weight excluding hydrogens is 210 g/mol. The van der Waals surface area contributed by atoms with E-state index in [-0.39, 0.29) is 0 Å². The van der Waals surface area contributed by atoms with Crippen molar-refractivity contribution in [3.8, 4) is 0 Å². The van der Waals surface area contributed by atoms with Crippen LogP contribution in [0.1, 0.15) is 44.5 Å². The lowest BCUT2D eigenvalue weighted by atomic mass is 10.1. The van der Waals surface area contributed by atoms with Crippen LogP contribution in [-0.4, -0.2) is 9.55 Å². The van der Waals surface area contributed by atoms with Crippen molar-refractivity contribution in [1.82, 2.24) is 9.55 Å². The van der Waals surface area contributed by atoms with E-state index < -0.39 is 0 Å². The number of hydrogen-bond donors (Lipinski definition) is 1. The second kappa shape index (κ2) is 4.88. The minimum atomic E-state index is 0.503. The van der Waals surface area contributed by atoms with E-state index in [1.54, 1.807) is 0 Å². The maximum absolute atomic E-state index is 5.67. The number of aryl methyl sites for hydroxylation is 1. The number of rotatable bonds is 4. The van der Waals surface area contributed by atoms with Crippen LogP contribution in [0.2, 0.25) is 0 Å². The van der Waals surface area contributed by atoms with Crippen molar-refractivity contribution >= 4 is 11.0 Å². The van der Waals surface area contributed by atoms with Crippen LogP contribution in [0.3, 0.4) is 0 Å². The first-order valence-electron chi connectivity index (χ1n) is 6.40. The van der Waals surface area contributed by atoms with Crippen molar-refractivity contribution in [2.45, 2.75) is 46.2 Å². The van der Waals surface area contributed by atoms with E-state index in [9.17, 15) is 0 Å². The van der Waals surface area contributed by atoms with Crippen LogP contribution in [0.4, 0.5) is 0 Å². The molecule has 0 saturated carbocycles. The summed E-state index contributed by atoms with van der Waals surface area (Å²) in [5, 5.41) is 0. The Kier molecular flexibility index (Phi) is 3.48. The zero-order chi connectivity index (χ0) is 12.4. The number of nitrogens with two attached hydrogens (primary N) is 1. The second-order valence-electron chi connectivity index (χ2n) is 4.55. The highest BCUT2D eigenvalue weighted by Crippen LogP contribution is 2.24. The Hall–Kier alpha value is -1.35. The van der Waals surface area contributed by atoms with Gasteiger partial charge in [-0.2, -0.15) is 0 Å². The number of fused-ring (bicyclic) bond motifs is 1. The minimum Gasteiger partial charge on any atom is -0.328 e. The zero-order valence-electron chi connectivity index (χ0n) is 10.9. The molecule has 1 heterocycles. The molecule has 0 aliphatic rings. The number of nitrogens with zero attached hydrogens (tertiary/aromatic N) is 2. The van der Waals surface area contributed by atoms with E-state index >= 15 is 0 Å². The lowest BCUT2D eigenvalue weighted by Crippen LogP contribution is -2.04. The molecule has 1 aromatic heterocycles. The number of aromatic nitrogens is 2. The summed E-state index contributed by atoms with van der Waals surface area (Å²) in [5.41, 5.74) is 9.11. The first kappa shape index (κ1) is 12.1. The van der Waals surface area contributed by atoms with Gasteiger partial charge in [0.25, 0.3) is 0 Å². The van der Waals surface area contributed by atoms with Gasteiger partial charge in [-0.25, -0.2) is 4.98 Å². The van der Waals surface area contributed by atoms with Gasteiger partial charge in [0, 0.05) is 19.0 Å². The molecule has 2 N–H and O–H groups in total. The lowest BCUT2D eigenvalue weighted by Gasteiger charge is -2.10. The highest BCUT2D eigenvalue weighted by molar-refractivity contribution is 5.77. The molecule has 0 amide bonds. The van der Waals surface area contributed by atoms with Gasteiger partial charge in [-0.3, -0.25) is 0 Å². The molecule has 2 rings (SSSR count). The molecule has 1 aromatic carbocycles. The van der Waals surface area contributed by atoms with Gasteiger partial charge < -0.3 is 10.3 Å². The van der Waals surface area contributed by atoms with Gasteiger partial charge in [-0.1, -0.05) is 19.9 Å². The number of hydrogen-bond acceptors (Lipinski definition) is 2. The second-order valence-corrected chi connectivity index (χ2v) is 4.55. The Morgan fingerprint density at radius 1 is 1.35 bits per heavy atom. The topological polar surface area (TPSA) is 43.8 Å². The Labute approximate surface area is 103 Å². The normalized spacial score (nSPS) is 13.2. The van der Waals surface area contributed by atoms with Gasteiger partial charge in [0.2, 0.25) is 0 Å². The molecule has 92 valence electrons. The van der Waals surface area contributed by atoms with Gasteiger partial charge in [0.05, 0.1) is 11.0 Å². The molecule has 3 nitrogen and oxygen atoms in total. The molecule has 0 fully saturated rings. The Morgan fingerprint density at radius 3 is 2.71 bits per heavy atom. The largest absolute Gasteiger partial charge is 0.328 e. The fraction of sp³-hybridized carbons (Fsp3) is 0.500. The molecule has 1 unspecified atom stereocenters. The molecule has 0 radical (unpaired) electrons. The standard InChI is InChI=1S/C14H21N3/c1-4-10(3)14-16-12-8-11(9-15)6-7-13(12)17(14)5-2/h6-8,10H,4-5,9,15H2,1-3H3. The van der Waals surface area contributed by atoms with Gasteiger partial charge >= 0.3 is 0 Å². The van der Waals surface area contributed by atoms with E-state index in [1.807, 2.05) is 0 Å². The van der Waals surface area contributed by atoms with E-state index in [1.165, 1.54) is 11.3 Å². The summed E-state index contributed by atoms with van der Waals surface area (Å²) in [5.74, 6) is 1.70. The van der Waals surface area contributed by atoms with Crippen molar-refractivity contribution in [2.75, 3.05) is 0 Å². The monoisotopic (exact) mass is 231 g/mol. The minimum absolute atomic E-state index is 0.503.